The van der Waals surface area contributed by atoms with Crippen molar-refractivity contribution < 1.29 is 35.3 Å². The molecular formula is C24H23ClN5O3SW-. The van der Waals surface area contributed by atoms with Crippen LogP contribution in [0.2, 0.25) is 5.15 Å². The average Bonchev–Trinajstić information content (AvgIpc) is 3.59. The van der Waals surface area contributed by atoms with Crippen LogP contribution in [0.25, 0.3) is 16.5 Å². The molecule has 11 heteroatoms. The van der Waals surface area contributed by atoms with E-state index < -0.39 is 0 Å². The molecule has 1 fully saturated rings. The van der Waals surface area contributed by atoms with Crippen molar-refractivity contribution in [1.29, 1.82) is 0 Å². The van der Waals surface area contributed by atoms with Crippen LogP contribution in [-0.4, -0.2) is 53.1 Å². The Balaban J connectivity index is 0.00000342. The number of hydrogen-bond acceptors (Lipinski definition) is 7. The third-order valence-corrected chi connectivity index (χ3v) is 6.42. The summed E-state index contributed by atoms with van der Waals surface area (Å²) in [7, 11) is 3.33. The first kappa shape index (κ1) is 27.1. The summed E-state index contributed by atoms with van der Waals surface area (Å²) in [6.07, 6.45) is 3.78. The number of methoxy groups -OCH3 is 1. The summed E-state index contributed by atoms with van der Waals surface area (Å²) in [5.41, 5.74) is 1.78. The van der Waals surface area contributed by atoms with Gasteiger partial charge in [-0.15, -0.1) is 0 Å². The van der Waals surface area contributed by atoms with Crippen molar-refractivity contribution in [2.75, 3.05) is 20.8 Å². The number of thioether (sulfide) groups is 1. The molecule has 1 saturated carbocycles. The third kappa shape index (κ3) is 6.57. The predicted octanol–water partition coefficient (Wildman–Crippen LogP) is 4.18. The van der Waals surface area contributed by atoms with Crippen LogP contribution in [0, 0.1) is 17.8 Å². The van der Waals surface area contributed by atoms with Crippen molar-refractivity contribution in [3.05, 3.63) is 52.2 Å². The van der Waals surface area contributed by atoms with E-state index in [1.807, 2.05) is 7.05 Å². The minimum absolute atomic E-state index is 0. The Hall–Kier alpha value is -2.53. The number of rotatable bonds is 5. The first-order valence-electron chi connectivity index (χ1n) is 10.7. The maximum absolute atomic E-state index is 13.3. The van der Waals surface area contributed by atoms with E-state index >= 15 is 0 Å². The van der Waals surface area contributed by atoms with Crippen LogP contribution in [-0.2, 0) is 25.8 Å². The van der Waals surface area contributed by atoms with Gasteiger partial charge in [0.1, 0.15) is 10.9 Å². The van der Waals surface area contributed by atoms with Crippen LogP contribution in [0.5, 0.6) is 5.75 Å². The zero-order valence-electron chi connectivity index (χ0n) is 19.4. The zero-order valence-corrected chi connectivity index (χ0v) is 23.9. The zero-order chi connectivity index (χ0) is 24.2. The molecule has 1 aromatic carbocycles. The Morgan fingerprint density at radius 2 is 2.09 bits per heavy atom. The Bertz CT molecular complexity index is 1230. The molecule has 1 N–H and O–H groups in total. The molecule has 1 aliphatic carbocycles. The van der Waals surface area contributed by atoms with Gasteiger partial charge in [0, 0.05) is 51.1 Å². The van der Waals surface area contributed by atoms with Gasteiger partial charge in [-0.05, 0) is 60.9 Å². The largest absolute Gasteiger partial charge is 0.771 e. The molecule has 2 aliphatic rings. The van der Waals surface area contributed by atoms with Gasteiger partial charge in [0.25, 0.3) is 5.91 Å². The topological polar surface area (TPSA) is 98.4 Å². The second-order valence-electron chi connectivity index (χ2n) is 7.67. The fourth-order valence-electron chi connectivity index (χ4n) is 3.27. The molecule has 0 saturated heterocycles. The van der Waals surface area contributed by atoms with E-state index in [-0.39, 0.29) is 43.4 Å². The summed E-state index contributed by atoms with van der Waals surface area (Å²) in [6.45, 7) is 2.06. The third-order valence-electron chi connectivity index (χ3n) is 5.16. The first-order valence-corrected chi connectivity index (χ1v) is 12.0. The molecule has 0 spiro atoms. The van der Waals surface area contributed by atoms with Crippen LogP contribution in [0.3, 0.4) is 0 Å². The van der Waals surface area contributed by atoms with Gasteiger partial charge in [-0.2, -0.15) is 5.10 Å². The molecule has 8 nitrogen and oxygen atoms in total. The van der Waals surface area contributed by atoms with Gasteiger partial charge in [0.15, 0.2) is 10.5 Å². The maximum Gasteiger partial charge on any atom is 0.257 e. The number of halogens is 1. The molecule has 1 amide bonds. The number of nitrogens with one attached hydrogen (secondary N) is 1. The van der Waals surface area contributed by atoms with Gasteiger partial charge in [0.2, 0.25) is 0 Å². The molecule has 1 aliphatic heterocycles. The van der Waals surface area contributed by atoms with Gasteiger partial charge >= 0.3 is 0 Å². The number of benzene rings is 1. The summed E-state index contributed by atoms with van der Waals surface area (Å²) >= 11 is 7.53. The summed E-state index contributed by atoms with van der Waals surface area (Å²) in [6, 6.07) is 6.47. The monoisotopic (exact) mass is 680 g/mol. The molecular weight excluding hydrogens is 658 g/mol. The van der Waals surface area contributed by atoms with Gasteiger partial charge in [0.05, 0.1) is 19.9 Å². The van der Waals surface area contributed by atoms with Gasteiger partial charge in [-0.25, -0.2) is 4.98 Å². The quantitative estimate of drug-likeness (QED) is 0.220. The van der Waals surface area contributed by atoms with Crippen molar-refractivity contribution in [2.45, 2.75) is 25.1 Å². The van der Waals surface area contributed by atoms with Crippen LogP contribution < -0.4 is 10.1 Å². The smallest absolute Gasteiger partial charge is 0.257 e. The van der Waals surface area contributed by atoms with E-state index in [4.69, 9.17) is 21.1 Å². The minimum Gasteiger partial charge on any atom is -0.771 e. The number of nitrogens with zero attached hydrogens (tertiary/aromatic N) is 4. The van der Waals surface area contributed by atoms with E-state index in [1.165, 1.54) is 25.1 Å². The number of carbonyl (C=O) groups is 1. The second-order valence-corrected chi connectivity index (χ2v) is 9.13. The van der Waals surface area contributed by atoms with Crippen LogP contribution in [0.1, 0.15) is 35.7 Å². The Kier molecular flexibility index (Phi) is 9.23. The van der Waals surface area contributed by atoms with E-state index in [1.54, 1.807) is 36.2 Å². The summed E-state index contributed by atoms with van der Waals surface area (Å²) in [5.74, 6) is 6.75. The number of carbonyl (C=O) groups excluding carboxylic acids is 1. The molecule has 0 bridgehead atoms. The van der Waals surface area contributed by atoms with Crippen LogP contribution in [0.4, 0.5) is 0 Å². The molecule has 35 heavy (non-hydrogen) atoms. The number of hydrazone groups is 1. The molecule has 182 valence electrons. The van der Waals surface area contributed by atoms with E-state index in [0.717, 1.165) is 12.8 Å². The van der Waals surface area contributed by atoms with Gasteiger partial charge < -0.3 is 14.9 Å². The van der Waals surface area contributed by atoms with Gasteiger partial charge in [-0.3, -0.25) is 15.1 Å². The number of hydrogen-bond donors (Lipinski definition) is 1. The molecule has 4 rings (SSSR count). The number of ether oxygens (including phenoxy) is 2. The van der Waals surface area contributed by atoms with E-state index in [9.17, 15) is 10.2 Å². The predicted molar refractivity (Wildman–Crippen MR) is 135 cm³/mol. The Labute approximate surface area is 228 Å². The number of amidine groups is 1. The van der Waals surface area contributed by atoms with E-state index in [0.29, 0.717) is 45.7 Å². The van der Waals surface area contributed by atoms with Crippen molar-refractivity contribution in [1.82, 2.24) is 15.3 Å². The Morgan fingerprint density at radius 3 is 2.77 bits per heavy atom. The number of amides is 1. The maximum atomic E-state index is 13.3. The van der Waals surface area contributed by atoms with Crippen LogP contribution >= 0.6 is 23.4 Å². The molecule has 1 atom stereocenters. The molecule has 2 aromatic rings. The normalized spacial score (nSPS) is 16.4. The molecule has 1 unspecified atom stereocenters. The number of aromatic nitrogens is 1. The standard InChI is InChI=1S/C24H23ClN5O3S.W/c1-4-33-22(26)15-8-9-16(17(11-15)18-12-20(25)27-13-19(18)32-3)23(31)28-24-29-30(2)21(34-24)10-7-14-5-6-14;/h8-9,11-14,21H,4-6H2,1-3H3,(H,28,29,31);/q-1;. The number of pyridine rings is 1. The first-order chi connectivity index (χ1) is 16.4. The van der Waals surface area contributed by atoms with Crippen molar-refractivity contribution in [2.24, 2.45) is 11.0 Å². The fourth-order valence-corrected chi connectivity index (χ4v) is 4.29. The van der Waals surface area contributed by atoms with Crippen molar-refractivity contribution in [3.8, 4) is 28.7 Å². The Morgan fingerprint density at radius 1 is 1.31 bits per heavy atom. The van der Waals surface area contributed by atoms with E-state index in [2.05, 4.69) is 27.2 Å². The summed E-state index contributed by atoms with van der Waals surface area (Å²) in [4.78, 5) is 17.4. The second kappa shape index (κ2) is 11.9. The fraction of sp³-hybridized carbons (Fsp3) is 0.333. The van der Waals surface area contributed by atoms with Crippen molar-refractivity contribution >= 4 is 40.3 Å². The SMILES string of the molecule is CCOC(=[N-])c1ccc(C(=O)NC2=NN(C)C(C#CC3CC3)S2)c(-c2cc(Cl)ncc2OC)c1.[W]. The minimum atomic E-state index is -0.372. The van der Waals surface area contributed by atoms with Gasteiger partial charge in [-0.1, -0.05) is 29.5 Å². The van der Waals surface area contributed by atoms with Crippen LogP contribution in [0.15, 0.2) is 35.6 Å². The summed E-state index contributed by atoms with van der Waals surface area (Å²) < 4.78 is 10.7. The summed E-state index contributed by atoms with van der Waals surface area (Å²) in [5, 5.41) is 19.8. The molecule has 0 radical (unpaired) electrons. The average molecular weight is 681 g/mol. The molecule has 1 aromatic heterocycles. The molecule has 2 heterocycles. The van der Waals surface area contributed by atoms with Crippen molar-refractivity contribution in [3.63, 3.8) is 0 Å².